The maximum Gasteiger partial charge on any atom is 0.303 e. The molecule has 0 saturated heterocycles. The van der Waals surface area contributed by atoms with Gasteiger partial charge in [0.2, 0.25) is 0 Å². The van der Waals surface area contributed by atoms with Gasteiger partial charge >= 0.3 is 5.97 Å². The summed E-state index contributed by atoms with van der Waals surface area (Å²) in [5, 5.41) is 29.5. The zero-order chi connectivity index (χ0) is 22.9. The third kappa shape index (κ3) is 8.71. The van der Waals surface area contributed by atoms with E-state index in [0.29, 0.717) is 24.3 Å². The van der Waals surface area contributed by atoms with Gasteiger partial charge in [0.15, 0.2) is 0 Å². The predicted molar refractivity (Wildman–Crippen MR) is 120 cm³/mol. The van der Waals surface area contributed by atoms with E-state index in [9.17, 15) is 19.8 Å². The Kier molecular flexibility index (Phi) is 10.1. The SMILES string of the molecule is COc1ccc(OCC(C)(O)CS[C@H]2C(O)CC(=O)[C@@H]2CCCCCCC(=O)O)cc1. The van der Waals surface area contributed by atoms with Crippen molar-refractivity contribution in [2.24, 2.45) is 5.92 Å². The number of carboxylic acid groups (broad SMARTS) is 1. The number of hydrogen-bond acceptors (Lipinski definition) is 7. The number of rotatable bonds is 14. The van der Waals surface area contributed by atoms with Crippen molar-refractivity contribution in [3.05, 3.63) is 24.3 Å². The number of aliphatic hydroxyl groups is 2. The van der Waals surface area contributed by atoms with Gasteiger partial charge in [-0.2, -0.15) is 11.8 Å². The molecule has 0 radical (unpaired) electrons. The molecular weight excluding hydrogens is 420 g/mol. The van der Waals surface area contributed by atoms with E-state index in [1.54, 1.807) is 38.3 Å². The zero-order valence-electron chi connectivity index (χ0n) is 18.3. The summed E-state index contributed by atoms with van der Waals surface area (Å²) in [5.74, 6) is 0.759. The van der Waals surface area contributed by atoms with Gasteiger partial charge in [-0.1, -0.05) is 19.3 Å². The maximum atomic E-state index is 12.3. The second-order valence-corrected chi connectivity index (χ2v) is 9.59. The number of carbonyl (C=O) groups excluding carboxylic acids is 1. The first-order valence-corrected chi connectivity index (χ1v) is 11.8. The van der Waals surface area contributed by atoms with Gasteiger partial charge in [0.05, 0.1) is 13.2 Å². The van der Waals surface area contributed by atoms with Gasteiger partial charge in [-0.3, -0.25) is 9.59 Å². The van der Waals surface area contributed by atoms with E-state index in [-0.39, 0.29) is 36.4 Å². The van der Waals surface area contributed by atoms with Crippen molar-refractivity contribution >= 4 is 23.5 Å². The van der Waals surface area contributed by atoms with E-state index in [2.05, 4.69) is 0 Å². The Labute approximate surface area is 188 Å². The van der Waals surface area contributed by atoms with Crippen LogP contribution in [0.25, 0.3) is 0 Å². The highest BCUT2D eigenvalue weighted by atomic mass is 32.2. The minimum atomic E-state index is -1.11. The lowest BCUT2D eigenvalue weighted by Crippen LogP contribution is -2.37. The van der Waals surface area contributed by atoms with Gasteiger partial charge in [-0.05, 0) is 44.0 Å². The molecule has 174 valence electrons. The molecule has 7 nitrogen and oxygen atoms in total. The lowest BCUT2D eigenvalue weighted by atomic mass is 9.98. The van der Waals surface area contributed by atoms with Crippen LogP contribution in [0.5, 0.6) is 11.5 Å². The standard InChI is InChI=1S/C23H34O7S/c1-23(28,14-30-17-11-9-16(29-2)10-12-17)15-31-22-18(19(24)13-20(22)25)7-5-3-4-6-8-21(26)27/h9-12,18,20,22,25,28H,3-8,13-15H2,1-2H3,(H,26,27)/t18-,20?,22+,23?/m0/s1. The number of hydrogen-bond donors (Lipinski definition) is 3. The van der Waals surface area contributed by atoms with Crippen LogP contribution in [0, 0.1) is 5.92 Å². The van der Waals surface area contributed by atoms with Crippen LogP contribution in [-0.4, -0.2) is 63.5 Å². The first-order valence-electron chi connectivity index (χ1n) is 10.8. The fourth-order valence-corrected chi connectivity index (χ4v) is 5.17. The molecule has 2 unspecified atom stereocenters. The summed E-state index contributed by atoms with van der Waals surface area (Å²) in [6.07, 6.45) is 3.49. The van der Waals surface area contributed by atoms with Crippen molar-refractivity contribution in [2.75, 3.05) is 19.5 Å². The first kappa shape index (κ1) is 25.5. The summed E-state index contributed by atoms with van der Waals surface area (Å²) < 4.78 is 10.8. The van der Waals surface area contributed by atoms with E-state index in [0.717, 1.165) is 25.0 Å². The Hall–Kier alpha value is -1.77. The third-order valence-corrected chi connectivity index (χ3v) is 7.27. The summed E-state index contributed by atoms with van der Waals surface area (Å²) >= 11 is 1.43. The molecule has 0 spiro atoms. The van der Waals surface area contributed by atoms with Gasteiger partial charge in [0.25, 0.3) is 0 Å². The highest BCUT2D eigenvalue weighted by Gasteiger charge is 2.42. The van der Waals surface area contributed by atoms with E-state index < -0.39 is 17.7 Å². The number of ketones is 1. The second-order valence-electron chi connectivity index (χ2n) is 8.43. The van der Waals surface area contributed by atoms with Crippen molar-refractivity contribution in [3.63, 3.8) is 0 Å². The van der Waals surface area contributed by atoms with Crippen LogP contribution in [0.15, 0.2) is 24.3 Å². The molecule has 1 aromatic carbocycles. The number of unbranched alkanes of at least 4 members (excludes halogenated alkanes) is 3. The Morgan fingerprint density at radius 2 is 1.81 bits per heavy atom. The molecule has 0 bridgehead atoms. The normalized spacial score (nSPS) is 22.8. The maximum absolute atomic E-state index is 12.3. The summed E-state index contributed by atoms with van der Waals surface area (Å²) in [7, 11) is 1.59. The molecule has 3 N–H and O–H groups in total. The molecule has 0 aliphatic heterocycles. The number of Topliss-reactive ketones (excluding diaryl/α,β-unsaturated/α-hetero) is 1. The number of ether oxygens (including phenoxy) is 2. The number of carboxylic acids is 1. The molecule has 2 rings (SSSR count). The van der Waals surface area contributed by atoms with Gasteiger partial charge in [-0.15, -0.1) is 0 Å². The number of aliphatic carboxylic acids is 1. The lowest BCUT2D eigenvalue weighted by molar-refractivity contribution is -0.137. The molecule has 1 aromatic rings. The fraction of sp³-hybridized carbons (Fsp3) is 0.652. The van der Waals surface area contributed by atoms with Crippen molar-refractivity contribution in [1.29, 1.82) is 0 Å². The Morgan fingerprint density at radius 3 is 2.45 bits per heavy atom. The van der Waals surface area contributed by atoms with Crippen LogP contribution in [0.3, 0.4) is 0 Å². The monoisotopic (exact) mass is 454 g/mol. The topological polar surface area (TPSA) is 113 Å². The minimum Gasteiger partial charge on any atom is -0.497 e. The lowest BCUT2D eigenvalue weighted by Gasteiger charge is -2.27. The third-order valence-electron chi connectivity index (χ3n) is 5.45. The average molecular weight is 455 g/mol. The van der Waals surface area contributed by atoms with Crippen LogP contribution in [0.1, 0.15) is 51.9 Å². The molecule has 4 atom stereocenters. The van der Waals surface area contributed by atoms with E-state index in [1.807, 2.05) is 0 Å². The molecule has 8 heteroatoms. The predicted octanol–water partition coefficient (Wildman–Crippen LogP) is 3.30. The van der Waals surface area contributed by atoms with Crippen molar-refractivity contribution < 1.29 is 34.4 Å². The molecule has 1 fully saturated rings. The van der Waals surface area contributed by atoms with Gasteiger partial charge in [-0.25, -0.2) is 0 Å². The highest BCUT2D eigenvalue weighted by molar-refractivity contribution is 8.00. The van der Waals surface area contributed by atoms with Crippen molar-refractivity contribution in [2.45, 2.75) is 68.8 Å². The first-order chi connectivity index (χ1) is 14.7. The Morgan fingerprint density at radius 1 is 1.16 bits per heavy atom. The van der Waals surface area contributed by atoms with E-state index >= 15 is 0 Å². The van der Waals surface area contributed by atoms with Gasteiger partial charge < -0.3 is 24.8 Å². The minimum absolute atomic E-state index is 0.0738. The number of benzene rings is 1. The van der Waals surface area contributed by atoms with Crippen LogP contribution in [0.2, 0.25) is 0 Å². The van der Waals surface area contributed by atoms with E-state index in [1.165, 1.54) is 11.8 Å². The average Bonchev–Trinajstić information content (AvgIpc) is 3.00. The number of methoxy groups -OCH3 is 1. The number of thioether (sulfide) groups is 1. The molecule has 0 amide bonds. The molecule has 31 heavy (non-hydrogen) atoms. The summed E-state index contributed by atoms with van der Waals surface area (Å²) in [5.41, 5.74) is -1.11. The van der Waals surface area contributed by atoms with Crippen LogP contribution in [-0.2, 0) is 9.59 Å². The molecule has 0 aromatic heterocycles. The molecular formula is C23H34O7S. The summed E-state index contributed by atoms with van der Waals surface area (Å²) in [6, 6.07) is 7.11. The van der Waals surface area contributed by atoms with E-state index in [4.69, 9.17) is 14.6 Å². The Bertz CT molecular complexity index is 704. The van der Waals surface area contributed by atoms with Crippen LogP contribution < -0.4 is 9.47 Å². The Balaban J connectivity index is 1.78. The molecule has 1 aliphatic rings. The zero-order valence-corrected chi connectivity index (χ0v) is 19.1. The van der Waals surface area contributed by atoms with Gasteiger partial charge in [0, 0.05) is 29.8 Å². The summed E-state index contributed by atoms with van der Waals surface area (Å²) in [4.78, 5) is 22.9. The number of aliphatic hydroxyl groups excluding tert-OH is 1. The fourth-order valence-electron chi connectivity index (χ4n) is 3.70. The van der Waals surface area contributed by atoms with Crippen molar-refractivity contribution in [1.82, 2.24) is 0 Å². The molecule has 0 heterocycles. The number of carbonyl (C=O) groups is 2. The van der Waals surface area contributed by atoms with Crippen LogP contribution in [0.4, 0.5) is 0 Å². The molecule has 1 aliphatic carbocycles. The van der Waals surface area contributed by atoms with Crippen molar-refractivity contribution in [3.8, 4) is 11.5 Å². The summed E-state index contributed by atoms with van der Waals surface area (Å²) in [6.45, 7) is 1.78. The smallest absolute Gasteiger partial charge is 0.303 e. The quantitative estimate of drug-likeness (QED) is 0.367. The second kappa shape index (κ2) is 12.3. The highest BCUT2D eigenvalue weighted by Crippen LogP contribution is 2.37. The van der Waals surface area contributed by atoms with Crippen LogP contribution >= 0.6 is 11.8 Å². The van der Waals surface area contributed by atoms with Gasteiger partial charge in [0.1, 0.15) is 29.5 Å². The largest absolute Gasteiger partial charge is 0.497 e. The molecule has 1 saturated carbocycles.